The van der Waals surface area contributed by atoms with E-state index in [4.69, 9.17) is 4.74 Å². The van der Waals surface area contributed by atoms with Gasteiger partial charge in [0.2, 0.25) is 0 Å². The van der Waals surface area contributed by atoms with E-state index < -0.39 is 5.97 Å². The van der Waals surface area contributed by atoms with Crippen molar-refractivity contribution < 1.29 is 13.9 Å². The fraction of sp³-hybridized carbons (Fsp3) is 0.536. The third-order valence-corrected chi connectivity index (χ3v) is 7.67. The summed E-state index contributed by atoms with van der Waals surface area (Å²) in [5.41, 5.74) is 1.71. The summed E-state index contributed by atoms with van der Waals surface area (Å²) in [6.45, 7) is 2.31. The van der Waals surface area contributed by atoms with Gasteiger partial charge in [-0.25, -0.2) is 9.18 Å². The van der Waals surface area contributed by atoms with Crippen LogP contribution in [0.25, 0.3) is 0 Å². The predicted octanol–water partition coefficient (Wildman–Crippen LogP) is 7.93. The molecule has 0 heterocycles. The highest BCUT2D eigenvalue weighted by Crippen LogP contribution is 2.44. The second kappa shape index (κ2) is 10.4. The van der Waals surface area contributed by atoms with Crippen LogP contribution in [0.5, 0.6) is 5.75 Å². The minimum atomic E-state index is -0.457. The van der Waals surface area contributed by atoms with E-state index in [1.54, 1.807) is 0 Å². The lowest BCUT2D eigenvalue weighted by Gasteiger charge is -2.38. The lowest BCUT2D eigenvalue weighted by Crippen LogP contribution is -2.25. The minimum Gasteiger partial charge on any atom is -0.423 e. The van der Waals surface area contributed by atoms with Gasteiger partial charge in [0.25, 0.3) is 0 Å². The van der Waals surface area contributed by atoms with Crippen molar-refractivity contribution in [2.75, 3.05) is 0 Å². The van der Waals surface area contributed by atoms with Crippen LogP contribution < -0.4 is 4.74 Å². The maximum absolute atomic E-state index is 13.0. The van der Waals surface area contributed by atoms with Gasteiger partial charge in [0, 0.05) is 0 Å². The Morgan fingerprint density at radius 2 is 1.42 bits per heavy atom. The van der Waals surface area contributed by atoms with Crippen LogP contribution in [0.4, 0.5) is 4.39 Å². The van der Waals surface area contributed by atoms with Gasteiger partial charge in [0.1, 0.15) is 11.6 Å². The van der Waals surface area contributed by atoms with E-state index in [1.807, 2.05) is 12.1 Å². The summed E-state index contributed by atoms with van der Waals surface area (Å²) >= 11 is 0. The van der Waals surface area contributed by atoms with E-state index >= 15 is 0 Å². The van der Waals surface area contributed by atoms with Crippen molar-refractivity contribution in [3.05, 3.63) is 65.5 Å². The Labute approximate surface area is 186 Å². The number of rotatable bonds is 6. The van der Waals surface area contributed by atoms with Crippen LogP contribution in [0.3, 0.4) is 0 Å². The zero-order valence-corrected chi connectivity index (χ0v) is 18.7. The van der Waals surface area contributed by atoms with Crippen LogP contribution in [-0.4, -0.2) is 5.97 Å². The molecule has 2 aromatic carbocycles. The maximum Gasteiger partial charge on any atom is 0.343 e. The molecule has 31 heavy (non-hydrogen) atoms. The summed E-state index contributed by atoms with van der Waals surface area (Å²) in [6, 6.07) is 13.4. The molecule has 0 unspecified atom stereocenters. The standard InChI is InChI=1S/C28H35FO2/c1-2-3-20-4-6-21(7-5-20)22-8-10-23(11-9-22)24-14-18-27(19-15-24)31-28(30)25-12-16-26(29)17-13-25/h12-23H,2-11H2,1H3. The van der Waals surface area contributed by atoms with Crippen LogP contribution >= 0.6 is 0 Å². The van der Waals surface area contributed by atoms with Gasteiger partial charge in [-0.1, -0.05) is 44.7 Å². The number of carbonyl (C=O) groups excluding carboxylic acids is 1. The molecule has 2 aliphatic carbocycles. The van der Waals surface area contributed by atoms with E-state index in [1.165, 1.54) is 94.0 Å². The highest BCUT2D eigenvalue weighted by Gasteiger charge is 2.31. The molecule has 0 N–H and O–H groups in total. The first-order valence-corrected chi connectivity index (χ1v) is 12.2. The van der Waals surface area contributed by atoms with Gasteiger partial charge >= 0.3 is 5.97 Å². The normalized spacial score (nSPS) is 26.4. The van der Waals surface area contributed by atoms with E-state index in [2.05, 4.69) is 19.1 Å². The first-order chi connectivity index (χ1) is 15.1. The Bertz CT molecular complexity index is 826. The summed E-state index contributed by atoms with van der Waals surface area (Å²) < 4.78 is 18.5. The number of benzene rings is 2. The molecular weight excluding hydrogens is 387 g/mol. The number of ether oxygens (including phenoxy) is 1. The highest BCUT2D eigenvalue weighted by molar-refractivity contribution is 5.90. The second-order valence-corrected chi connectivity index (χ2v) is 9.65. The number of hydrogen-bond donors (Lipinski definition) is 0. The average molecular weight is 423 g/mol. The van der Waals surface area contributed by atoms with Gasteiger partial charge in [-0.2, -0.15) is 0 Å². The highest BCUT2D eigenvalue weighted by atomic mass is 19.1. The predicted molar refractivity (Wildman–Crippen MR) is 123 cm³/mol. The summed E-state index contributed by atoms with van der Waals surface area (Å²) in [6.07, 6.45) is 13.8. The molecule has 0 radical (unpaired) electrons. The van der Waals surface area contributed by atoms with Gasteiger partial charge in [0.15, 0.2) is 0 Å². The summed E-state index contributed by atoms with van der Waals surface area (Å²) in [5.74, 6) is 3.22. The van der Waals surface area contributed by atoms with Crippen LogP contribution in [0.2, 0.25) is 0 Å². The Morgan fingerprint density at radius 1 is 0.839 bits per heavy atom. The average Bonchev–Trinajstić information content (AvgIpc) is 2.81. The Morgan fingerprint density at radius 3 is 2.00 bits per heavy atom. The SMILES string of the molecule is CCCC1CCC(C2CCC(c3ccc(OC(=O)c4ccc(F)cc4)cc3)CC2)CC1. The quantitative estimate of drug-likeness (QED) is 0.349. The molecule has 0 spiro atoms. The molecule has 0 bridgehead atoms. The largest absolute Gasteiger partial charge is 0.423 e. The molecule has 3 heteroatoms. The number of carbonyl (C=O) groups is 1. The molecule has 2 nitrogen and oxygen atoms in total. The summed E-state index contributed by atoms with van der Waals surface area (Å²) in [7, 11) is 0. The zero-order valence-electron chi connectivity index (χ0n) is 18.7. The van der Waals surface area contributed by atoms with Crippen molar-refractivity contribution in [1.29, 1.82) is 0 Å². The first-order valence-electron chi connectivity index (χ1n) is 12.2. The molecule has 0 aliphatic heterocycles. The fourth-order valence-corrected chi connectivity index (χ4v) is 5.84. The molecule has 2 fully saturated rings. The lowest BCUT2D eigenvalue weighted by molar-refractivity contribution is 0.0734. The van der Waals surface area contributed by atoms with Crippen molar-refractivity contribution in [2.24, 2.45) is 17.8 Å². The lowest BCUT2D eigenvalue weighted by atomic mass is 9.68. The number of esters is 1. The van der Waals surface area contributed by atoms with E-state index in [9.17, 15) is 9.18 Å². The molecule has 0 aromatic heterocycles. The summed E-state index contributed by atoms with van der Waals surface area (Å²) in [5, 5.41) is 0. The van der Waals surface area contributed by atoms with Gasteiger partial charge < -0.3 is 4.74 Å². The molecule has 166 valence electrons. The molecule has 0 atom stereocenters. The number of hydrogen-bond acceptors (Lipinski definition) is 2. The zero-order chi connectivity index (χ0) is 21.6. The maximum atomic E-state index is 13.0. The van der Waals surface area contributed by atoms with Gasteiger partial charge in [-0.05, 0) is 104 Å². The van der Waals surface area contributed by atoms with Crippen LogP contribution in [0.15, 0.2) is 48.5 Å². The van der Waals surface area contributed by atoms with Gasteiger partial charge in [0.05, 0.1) is 5.56 Å². The van der Waals surface area contributed by atoms with E-state index in [0.29, 0.717) is 17.2 Å². The van der Waals surface area contributed by atoms with Crippen molar-refractivity contribution in [3.8, 4) is 5.75 Å². The fourth-order valence-electron chi connectivity index (χ4n) is 5.84. The molecule has 2 aromatic rings. The molecule has 0 saturated heterocycles. The summed E-state index contributed by atoms with van der Waals surface area (Å²) in [4.78, 5) is 12.2. The third-order valence-electron chi connectivity index (χ3n) is 7.67. The topological polar surface area (TPSA) is 26.3 Å². The Hall–Kier alpha value is -2.16. The van der Waals surface area contributed by atoms with Gasteiger partial charge in [-0.15, -0.1) is 0 Å². The van der Waals surface area contributed by atoms with Crippen LogP contribution in [-0.2, 0) is 0 Å². The monoisotopic (exact) mass is 422 g/mol. The van der Waals surface area contributed by atoms with E-state index in [0.717, 1.165) is 17.8 Å². The third kappa shape index (κ3) is 5.75. The van der Waals surface area contributed by atoms with Crippen molar-refractivity contribution in [2.45, 2.75) is 77.0 Å². The smallest absolute Gasteiger partial charge is 0.343 e. The van der Waals surface area contributed by atoms with Crippen LogP contribution in [0, 0.1) is 23.6 Å². The minimum absolute atomic E-state index is 0.354. The Kier molecular flexibility index (Phi) is 7.42. The van der Waals surface area contributed by atoms with Crippen molar-refractivity contribution >= 4 is 5.97 Å². The first kappa shape index (κ1) is 22.0. The molecule has 0 amide bonds. The molecule has 4 rings (SSSR count). The Balaban J connectivity index is 1.26. The van der Waals surface area contributed by atoms with E-state index in [-0.39, 0.29) is 5.82 Å². The molecular formula is C28H35FO2. The second-order valence-electron chi connectivity index (χ2n) is 9.65. The van der Waals surface area contributed by atoms with Crippen LogP contribution in [0.1, 0.15) is 93.0 Å². The molecule has 2 saturated carbocycles. The van der Waals surface area contributed by atoms with Crippen molar-refractivity contribution in [1.82, 2.24) is 0 Å². The van der Waals surface area contributed by atoms with Gasteiger partial charge in [-0.3, -0.25) is 0 Å². The molecule has 2 aliphatic rings. The van der Waals surface area contributed by atoms with Crippen molar-refractivity contribution in [3.63, 3.8) is 0 Å². The number of halogens is 1.